The van der Waals surface area contributed by atoms with Crippen molar-refractivity contribution >= 4 is 40.1 Å². The van der Waals surface area contributed by atoms with E-state index in [1.807, 2.05) is 30.3 Å². The van der Waals surface area contributed by atoms with Crippen LogP contribution in [0.4, 0.5) is 5.82 Å². The first-order chi connectivity index (χ1) is 16.6. The van der Waals surface area contributed by atoms with Crippen LogP contribution in [0.2, 0.25) is 0 Å². The zero-order chi connectivity index (χ0) is 24.1. The van der Waals surface area contributed by atoms with Crippen molar-refractivity contribution < 1.29 is 14.3 Å². The summed E-state index contributed by atoms with van der Waals surface area (Å²) in [7, 11) is 3.15. The quantitative estimate of drug-likeness (QED) is 0.288. The molecular formula is C25H28N6O3. The van der Waals surface area contributed by atoms with Crippen molar-refractivity contribution in [2.45, 2.75) is 26.2 Å². The molecule has 34 heavy (non-hydrogen) atoms. The van der Waals surface area contributed by atoms with E-state index in [4.69, 9.17) is 25.2 Å². The summed E-state index contributed by atoms with van der Waals surface area (Å²) < 4.78 is 12.1. The fraction of sp³-hybridized carbons (Fsp3) is 0.280. The topological polar surface area (TPSA) is 117 Å². The molecule has 4 aromatic rings. The highest BCUT2D eigenvalue weighted by molar-refractivity contribution is 6.10. The number of aromatic nitrogens is 3. The SMILES string of the molecule is CCCCCNC(=O)c1c(N)n(/N=C\c2ccc(OC)c(OC)c2)c2nc3ccccc3nc12. The summed E-state index contributed by atoms with van der Waals surface area (Å²) in [6.45, 7) is 2.68. The predicted octanol–water partition coefficient (Wildman–Crippen LogP) is 3.99. The first-order valence-electron chi connectivity index (χ1n) is 11.2. The largest absolute Gasteiger partial charge is 0.493 e. The number of nitrogens with zero attached hydrogens (tertiary/aromatic N) is 4. The van der Waals surface area contributed by atoms with Gasteiger partial charge in [0.2, 0.25) is 0 Å². The number of carbonyl (C=O) groups is 1. The van der Waals surface area contributed by atoms with E-state index in [0.717, 1.165) is 24.8 Å². The lowest BCUT2D eigenvalue weighted by Crippen LogP contribution is -2.25. The number of benzene rings is 2. The third-order valence-electron chi connectivity index (χ3n) is 5.50. The van der Waals surface area contributed by atoms with Crippen molar-refractivity contribution in [3.63, 3.8) is 0 Å². The molecule has 2 aromatic carbocycles. The summed E-state index contributed by atoms with van der Waals surface area (Å²) >= 11 is 0. The van der Waals surface area contributed by atoms with Crippen LogP contribution in [0.3, 0.4) is 0 Å². The van der Waals surface area contributed by atoms with Gasteiger partial charge in [0.25, 0.3) is 5.91 Å². The molecular weight excluding hydrogens is 432 g/mol. The van der Waals surface area contributed by atoms with E-state index in [0.29, 0.717) is 40.2 Å². The highest BCUT2D eigenvalue weighted by atomic mass is 16.5. The number of hydrogen-bond acceptors (Lipinski definition) is 7. The minimum atomic E-state index is -0.289. The van der Waals surface area contributed by atoms with Gasteiger partial charge in [0.1, 0.15) is 16.9 Å². The first-order valence-corrected chi connectivity index (χ1v) is 11.2. The van der Waals surface area contributed by atoms with Crippen LogP contribution in [0.25, 0.3) is 22.2 Å². The molecule has 9 heteroatoms. The minimum Gasteiger partial charge on any atom is -0.493 e. The number of hydrogen-bond donors (Lipinski definition) is 2. The van der Waals surface area contributed by atoms with E-state index < -0.39 is 0 Å². The van der Waals surface area contributed by atoms with Crippen molar-refractivity contribution in [3.05, 3.63) is 53.6 Å². The summed E-state index contributed by atoms with van der Waals surface area (Å²) in [6, 6.07) is 12.9. The van der Waals surface area contributed by atoms with E-state index >= 15 is 0 Å². The Labute approximate surface area is 197 Å². The number of para-hydroxylation sites is 2. The van der Waals surface area contributed by atoms with Crippen molar-refractivity contribution in [2.75, 3.05) is 26.5 Å². The fourth-order valence-electron chi connectivity index (χ4n) is 3.71. The zero-order valence-corrected chi connectivity index (χ0v) is 19.5. The average molecular weight is 461 g/mol. The van der Waals surface area contributed by atoms with Crippen LogP contribution < -0.4 is 20.5 Å². The Hall–Kier alpha value is -4.14. The molecule has 0 unspecified atom stereocenters. The molecule has 0 radical (unpaired) electrons. The molecule has 0 bridgehead atoms. The number of fused-ring (bicyclic) bond motifs is 2. The minimum absolute atomic E-state index is 0.176. The zero-order valence-electron chi connectivity index (χ0n) is 19.5. The molecule has 2 heterocycles. The maximum atomic E-state index is 13.1. The number of ether oxygens (including phenoxy) is 2. The van der Waals surface area contributed by atoms with Gasteiger partial charge >= 0.3 is 0 Å². The van der Waals surface area contributed by atoms with Crippen LogP contribution in [0, 0.1) is 0 Å². The lowest BCUT2D eigenvalue weighted by atomic mass is 10.2. The molecule has 9 nitrogen and oxygen atoms in total. The summed E-state index contributed by atoms with van der Waals surface area (Å²) in [6.07, 6.45) is 4.63. The van der Waals surface area contributed by atoms with Crippen molar-refractivity contribution in [1.29, 1.82) is 0 Å². The average Bonchev–Trinajstić information content (AvgIpc) is 3.13. The second-order valence-electron chi connectivity index (χ2n) is 7.78. The number of amides is 1. The Balaban J connectivity index is 1.79. The summed E-state index contributed by atoms with van der Waals surface area (Å²) in [5.41, 5.74) is 9.66. The molecule has 0 aliphatic carbocycles. The number of methoxy groups -OCH3 is 2. The van der Waals surface area contributed by atoms with Gasteiger partial charge in [-0.3, -0.25) is 4.79 Å². The Morgan fingerprint density at radius 3 is 2.53 bits per heavy atom. The third kappa shape index (κ3) is 4.50. The predicted molar refractivity (Wildman–Crippen MR) is 134 cm³/mol. The van der Waals surface area contributed by atoms with E-state index in [1.54, 1.807) is 32.6 Å². The van der Waals surface area contributed by atoms with Gasteiger partial charge in [0.05, 0.1) is 31.5 Å². The number of nitrogens with one attached hydrogen (secondary N) is 1. The summed E-state index contributed by atoms with van der Waals surface area (Å²) in [5, 5.41) is 7.49. The van der Waals surface area contributed by atoms with E-state index in [-0.39, 0.29) is 17.3 Å². The number of carbonyl (C=O) groups excluding carboxylic acids is 1. The van der Waals surface area contributed by atoms with Gasteiger partial charge in [0, 0.05) is 6.54 Å². The molecule has 0 saturated carbocycles. The van der Waals surface area contributed by atoms with Gasteiger partial charge in [-0.25, -0.2) is 9.97 Å². The molecule has 0 atom stereocenters. The summed E-state index contributed by atoms with van der Waals surface area (Å²) in [4.78, 5) is 22.5. The Morgan fingerprint density at radius 1 is 1.09 bits per heavy atom. The maximum absolute atomic E-state index is 13.1. The second kappa shape index (κ2) is 10.2. The van der Waals surface area contributed by atoms with Gasteiger partial charge in [-0.1, -0.05) is 31.9 Å². The number of unbranched alkanes of at least 4 members (excludes halogenated alkanes) is 2. The molecule has 176 valence electrons. The standard InChI is InChI=1S/C25H28N6O3/c1-4-5-8-13-27-25(32)21-22-24(30-18-10-7-6-9-17(18)29-22)31(23(21)26)28-15-16-11-12-19(33-2)20(14-16)34-3/h6-7,9-12,14-15H,4-5,8,13,26H2,1-3H3,(H,27,32)/b28-15-. The first kappa shape index (κ1) is 23.0. The molecule has 0 spiro atoms. The molecule has 0 aliphatic heterocycles. The number of rotatable bonds is 9. The van der Waals surface area contributed by atoms with Crippen LogP contribution in [0.1, 0.15) is 42.1 Å². The van der Waals surface area contributed by atoms with Crippen molar-refractivity contribution in [1.82, 2.24) is 20.0 Å². The molecule has 3 N–H and O–H groups in total. The number of nitrogens with two attached hydrogens (primary N) is 1. The molecule has 2 aromatic heterocycles. The van der Waals surface area contributed by atoms with Gasteiger partial charge < -0.3 is 20.5 Å². The molecule has 0 aliphatic rings. The van der Waals surface area contributed by atoms with Gasteiger partial charge in [-0.05, 0) is 42.3 Å². The van der Waals surface area contributed by atoms with Crippen LogP contribution in [-0.4, -0.2) is 47.5 Å². The van der Waals surface area contributed by atoms with Crippen LogP contribution in [0.15, 0.2) is 47.6 Å². The van der Waals surface area contributed by atoms with Crippen LogP contribution >= 0.6 is 0 Å². The van der Waals surface area contributed by atoms with Crippen LogP contribution in [0.5, 0.6) is 11.5 Å². The monoisotopic (exact) mass is 460 g/mol. The maximum Gasteiger partial charge on any atom is 0.257 e. The van der Waals surface area contributed by atoms with E-state index in [1.165, 1.54) is 4.68 Å². The summed E-state index contributed by atoms with van der Waals surface area (Å²) in [5.74, 6) is 1.08. The van der Waals surface area contributed by atoms with Crippen molar-refractivity contribution in [2.24, 2.45) is 5.10 Å². The van der Waals surface area contributed by atoms with Gasteiger partial charge in [-0.15, -0.1) is 0 Å². The van der Waals surface area contributed by atoms with Crippen molar-refractivity contribution in [3.8, 4) is 11.5 Å². The van der Waals surface area contributed by atoms with Gasteiger partial charge in [-0.2, -0.15) is 9.78 Å². The van der Waals surface area contributed by atoms with Crippen LogP contribution in [-0.2, 0) is 0 Å². The Morgan fingerprint density at radius 2 is 1.82 bits per heavy atom. The molecule has 4 rings (SSSR count). The number of nitrogen functional groups attached to an aromatic ring is 1. The van der Waals surface area contributed by atoms with E-state index in [9.17, 15) is 4.79 Å². The number of anilines is 1. The normalized spacial score (nSPS) is 11.4. The fourth-order valence-corrected chi connectivity index (χ4v) is 3.71. The Bertz CT molecular complexity index is 1360. The van der Waals surface area contributed by atoms with Gasteiger partial charge in [0.15, 0.2) is 17.1 Å². The Kier molecular flexibility index (Phi) is 6.91. The lowest BCUT2D eigenvalue weighted by molar-refractivity contribution is 0.0955. The highest BCUT2D eigenvalue weighted by Crippen LogP contribution is 2.29. The molecule has 0 saturated heterocycles. The second-order valence-corrected chi connectivity index (χ2v) is 7.78. The smallest absolute Gasteiger partial charge is 0.257 e. The third-order valence-corrected chi connectivity index (χ3v) is 5.50. The van der Waals surface area contributed by atoms with E-state index in [2.05, 4.69) is 17.3 Å². The molecule has 1 amide bonds. The highest BCUT2D eigenvalue weighted by Gasteiger charge is 2.23. The molecule has 0 fully saturated rings. The lowest BCUT2D eigenvalue weighted by Gasteiger charge is -2.07.